The number of ether oxygens (including phenoxy) is 1. The minimum atomic E-state index is 0.00487. The molecule has 0 aliphatic heterocycles. The van der Waals surface area contributed by atoms with Crippen molar-refractivity contribution in [1.29, 1.82) is 0 Å². The SMILES string of the molecule is CCc1ccc(NC(=O)CCNc2ccc(OC)cc2)cc1. The van der Waals surface area contributed by atoms with E-state index in [1.54, 1.807) is 7.11 Å². The molecule has 2 rings (SSSR count). The van der Waals surface area contributed by atoms with Crippen LogP contribution < -0.4 is 15.4 Å². The summed E-state index contributed by atoms with van der Waals surface area (Å²) in [6.45, 7) is 2.70. The molecule has 2 aromatic carbocycles. The van der Waals surface area contributed by atoms with Gasteiger partial charge in [-0.2, -0.15) is 0 Å². The quantitative estimate of drug-likeness (QED) is 0.819. The predicted octanol–water partition coefficient (Wildman–Crippen LogP) is 3.70. The van der Waals surface area contributed by atoms with Gasteiger partial charge < -0.3 is 15.4 Å². The van der Waals surface area contributed by atoms with Gasteiger partial charge in [-0.3, -0.25) is 4.79 Å². The minimum Gasteiger partial charge on any atom is -0.497 e. The molecule has 0 saturated carbocycles. The van der Waals surface area contributed by atoms with E-state index in [2.05, 4.69) is 17.6 Å². The molecule has 116 valence electrons. The standard InChI is InChI=1S/C18H22N2O2/c1-3-14-4-6-16(7-5-14)20-18(21)12-13-19-15-8-10-17(22-2)11-9-15/h4-11,19H,3,12-13H2,1-2H3,(H,20,21). The van der Waals surface area contributed by atoms with E-state index in [1.165, 1.54) is 5.56 Å². The van der Waals surface area contributed by atoms with Gasteiger partial charge in [-0.25, -0.2) is 0 Å². The van der Waals surface area contributed by atoms with E-state index in [0.29, 0.717) is 13.0 Å². The summed E-state index contributed by atoms with van der Waals surface area (Å²) < 4.78 is 5.10. The Morgan fingerprint density at radius 3 is 2.23 bits per heavy atom. The van der Waals surface area contributed by atoms with Gasteiger partial charge in [0.1, 0.15) is 5.75 Å². The highest BCUT2D eigenvalue weighted by Gasteiger charge is 2.02. The van der Waals surface area contributed by atoms with Crippen molar-refractivity contribution in [3.05, 3.63) is 54.1 Å². The number of amides is 1. The highest BCUT2D eigenvalue weighted by Crippen LogP contribution is 2.15. The van der Waals surface area contributed by atoms with Crippen molar-refractivity contribution in [2.75, 3.05) is 24.3 Å². The van der Waals surface area contributed by atoms with Gasteiger partial charge in [0, 0.05) is 24.3 Å². The molecule has 1 amide bonds. The van der Waals surface area contributed by atoms with Crippen molar-refractivity contribution in [3.8, 4) is 5.75 Å². The van der Waals surface area contributed by atoms with Gasteiger partial charge in [0.2, 0.25) is 5.91 Å². The van der Waals surface area contributed by atoms with Crippen molar-refractivity contribution in [3.63, 3.8) is 0 Å². The van der Waals surface area contributed by atoms with E-state index in [1.807, 2.05) is 48.5 Å². The van der Waals surface area contributed by atoms with Crippen LogP contribution in [0.15, 0.2) is 48.5 Å². The molecule has 22 heavy (non-hydrogen) atoms. The van der Waals surface area contributed by atoms with E-state index >= 15 is 0 Å². The molecule has 0 spiro atoms. The monoisotopic (exact) mass is 298 g/mol. The van der Waals surface area contributed by atoms with E-state index in [-0.39, 0.29) is 5.91 Å². The Kier molecular flexibility index (Phi) is 5.83. The third-order valence-electron chi connectivity index (χ3n) is 3.42. The first kappa shape index (κ1) is 15.9. The molecular formula is C18H22N2O2. The molecule has 0 saturated heterocycles. The lowest BCUT2D eigenvalue weighted by Crippen LogP contribution is -2.16. The van der Waals surface area contributed by atoms with Gasteiger partial charge in [0.05, 0.1) is 7.11 Å². The Hall–Kier alpha value is -2.49. The third-order valence-corrected chi connectivity index (χ3v) is 3.42. The average molecular weight is 298 g/mol. The van der Waals surface area contributed by atoms with Gasteiger partial charge in [-0.15, -0.1) is 0 Å². The number of rotatable bonds is 7. The first-order valence-electron chi connectivity index (χ1n) is 7.48. The van der Waals surface area contributed by atoms with E-state index in [0.717, 1.165) is 23.5 Å². The lowest BCUT2D eigenvalue weighted by atomic mass is 10.1. The Morgan fingerprint density at radius 2 is 1.64 bits per heavy atom. The fraction of sp³-hybridized carbons (Fsp3) is 0.278. The zero-order valence-electron chi connectivity index (χ0n) is 13.1. The third kappa shape index (κ3) is 4.81. The number of anilines is 2. The zero-order chi connectivity index (χ0) is 15.8. The number of benzene rings is 2. The summed E-state index contributed by atoms with van der Waals surface area (Å²) in [7, 11) is 1.64. The van der Waals surface area contributed by atoms with E-state index < -0.39 is 0 Å². The van der Waals surface area contributed by atoms with Crippen LogP contribution in [0.4, 0.5) is 11.4 Å². The Balaban J connectivity index is 1.74. The van der Waals surface area contributed by atoms with Crippen LogP contribution in [0, 0.1) is 0 Å². The summed E-state index contributed by atoms with van der Waals surface area (Å²) in [5.41, 5.74) is 3.08. The smallest absolute Gasteiger partial charge is 0.226 e. The molecule has 2 N–H and O–H groups in total. The van der Waals surface area contributed by atoms with E-state index in [9.17, 15) is 4.79 Å². The van der Waals surface area contributed by atoms with Crippen LogP contribution in [0.5, 0.6) is 5.75 Å². The summed E-state index contributed by atoms with van der Waals surface area (Å²) in [6, 6.07) is 15.6. The lowest BCUT2D eigenvalue weighted by molar-refractivity contribution is -0.115. The molecule has 0 radical (unpaired) electrons. The largest absolute Gasteiger partial charge is 0.497 e. The number of hydrogen-bond donors (Lipinski definition) is 2. The summed E-state index contributed by atoms with van der Waals surface area (Å²) in [6.07, 6.45) is 1.42. The minimum absolute atomic E-state index is 0.00487. The lowest BCUT2D eigenvalue weighted by Gasteiger charge is -2.08. The number of carbonyl (C=O) groups excluding carboxylic acids is 1. The van der Waals surface area contributed by atoms with Gasteiger partial charge in [-0.1, -0.05) is 19.1 Å². The maximum atomic E-state index is 11.9. The molecule has 0 aliphatic carbocycles. The second kappa shape index (κ2) is 8.08. The zero-order valence-corrected chi connectivity index (χ0v) is 13.1. The Morgan fingerprint density at radius 1 is 1.00 bits per heavy atom. The Bertz CT molecular complexity index is 591. The molecule has 2 aromatic rings. The van der Waals surface area contributed by atoms with Crippen molar-refractivity contribution < 1.29 is 9.53 Å². The number of hydrogen-bond acceptors (Lipinski definition) is 3. The van der Waals surface area contributed by atoms with Gasteiger partial charge in [0.15, 0.2) is 0 Å². The van der Waals surface area contributed by atoms with Crippen molar-refractivity contribution in [1.82, 2.24) is 0 Å². The maximum absolute atomic E-state index is 11.9. The average Bonchev–Trinajstić information content (AvgIpc) is 2.56. The van der Waals surface area contributed by atoms with Crippen LogP contribution in [0.1, 0.15) is 18.9 Å². The molecule has 4 nitrogen and oxygen atoms in total. The number of methoxy groups -OCH3 is 1. The number of carbonyl (C=O) groups is 1. The first-order valence-corrected chi connectivity index (χ1v) is 7.48. The molecule has 0 unspecified atom stereocenters. The van der Waals surface area contributed by atoms with Crippen LogP contribution in [0.25, 0.3) is 0 Å². The first-order chi connectivity index (χ1) is 10.7. The molecule has 0 aliphatic rings. The van der Waals surface area contributed by atoms with Gasteiger partial charge in [0.25, 0.3) is 0 Å². The predicted molar refractivity (Wildman–Crippen MR) is 90.6 cm³/mol. The van der Waals surface area contributed by atoms with E-state index in [4.69, 9.17) is 4.74 Å². The molecule has 0 bridgehead atoms. The van der Waals surface area contributed by atoms with Crippen LogP contribution >= 0.6 is 0 Å². The molecule has 0 atom stereocenters. The summed E-state index contributed by atoms with van der Waals surface area (Å²) in [5.74, 6) is 0.823. The molecule has 4 heteroatoms. The van der Waals surface area contributed by atoms with Gasteiger partial charge >= 0.3 is 0 Å². The summed E-state index contributed by atoms with van der Waals surface area (Å²) >= 11 is 0. The molecule has 0 aromatic heterocycles. The van der Waals surface area contributed by atoms with Crippen molar-refractivity contribution in [2.45, 2.75) is 19.8 Å². The normalized spacial score (nSPS) is 10.1. The van der Waals surface area contributed by atoms with Crippen LogP contribution in [-0.2, 0) is 11.2 Å². The summed E-state index contributed by atoms with van der Waals surface area (Å²) in [4.78, 5) is 11.9. The molecular weight excluding hydrogens is 276 g/mol. The topological polar surface area (TPSA) is 50.4 Å². The fourth-order valence-corrected chi connectivity index (χ4v) is 2.08. The van der Waals surface area contributed by atoms with Crippen molar-refractivity contribution in [2.24, 2.45) is 0 Å². The summed E-state index contributed by atoms with van der Waals surface area (Å²) in [5, 5.41) is 6.11. The molecule has 0 heterocycles. The number of aryl methyl sites for hydroxylation is 1. The van der Waals surface area contributed by atoms with Gasteiger partial charge in [-0.05, 0) is 48.4 Å². The Labute approximate surface area is 131 Å². The highest BCUT2D eigenvalue weighted by atomic mass is 16.5. The second-order valence-electron chi connectivity index (χ2n) is 5.00. The maximum Gasteiger partial charge on any atom is 0.226 e. The van der Waals surface area contributed by atoms with Crippen LogP contribution in [0.2, 0.25) is 0 Å². The highest BCUT2D eigenvalue weighted by molar-refractivity contribution is 5.90. The van der Waals surface area contributed by atoms with Crippen LogP contribution in [-0.4, -0.2) is 19.6 Å². The van der Waals surface area contributed by atoms with Crippen molar-refractivity contribution >= 4 is 17.3 Å². The second-order valence-corrected chi connectivity index (χ2v) is 5.00. The number of nitrogens with one attached hydrogen (secondary N) is 2. The molecule has 0 fully saturated rings. The fourth-order valence-electron chi connectivity index (χ4n) is 2.08. The van der Waals surface area contributed by atoms with Crippen LogP contribution in [0.3, 0.4) is 0 Å².